The molecule has 3 rings (SSSR count). The van der Waals surface area contributed by atoms with E-state index in [1.807, 2.05) is 30.3 Å². The Morgan fingerprint density at radius 2 is 1.45 bits per heavy atom. The number of amides is 2. The molecule has 0 aromatic heterocycles. The molecule has 0 unspecified atom stereocenters. The molecule has 1 aromatic rings. The van der Waals surface area contributed by atoms with Gasteiger partial charge in [0.25, 0.3) is 0 Å². The van der Waals surface area contributed by atoms with E-state index < -0.39 is 0 Å². The number of fused-ring (bicyclic) bond motifs is 1. The third kappa shape index (κ3) is 2.46. The van der Waals surface area contributed by atoms with Crippen molar-refractivity contribution in [3.63, 3.8) is 0 Å². The lowest BCUT2D eigenvalue weighted by atomic mass is 9.81. The number of rotatable bonds is 2. The monoisotopic (exact) mass is 399 g/mol. The fourth-order valence-corrected chi connectivity index (χ4v) is 4.32. The number of halogens is 2. The van der Waals surface area contributed by atoms with Gasteiger partial charge < -0.3 is 0 Å². The predicted molar refractivity (Wildman–Crippen MR) is 83.6 cm³/mol. The van der Waals surface area contributed by atoms with E-state index in [4.69, 9.17) is 0 Å². The van der Waals surface area contributed by atoms with Crippen molar-refractivity contribution in [2.45, 2.75) is 29.0 Å². The van der Waals surface area contributed by atoms with Gasteiger partial charge in [-0.25, -0.2) is 0 Å². The summed E-state index contributed by atoms with van der Waals surface area (Å²) < 4.78 is 0. The van der Waals surface area contributed by atoms with E-state index in [-0.39, 0.29) is 33.3 Å². The van der Waals surface area contributed by atoms with Crippen LogP contribution in [0.3, 0.4) is 0 Å². The molecule has 0 N–H and O–H groups in total. The van der Waals surface area contributed by atoms with Crippen molar-refractivity contribution in [1.82, 2.24) is 4.90 Å². The minimum Gasteiger partial charge on any atom is -0.278 e. The SMILES string of the molecule is O=C1[C@@H]2C[C@@H](Br)[C@@H](Br)C[C@H]2C(=O)N1Cc1ccccc1. The first-order chi connectivity index (χ1) is 9.58. The summed E-state index contributed by atoms with van der Waals surface area (Å²) in [4.78, 5) is 26.9. The van der Waals surface area contributed by atoms with E-state index in [2.05, 4.69) is 31.9 Å². The van der Waals surface area contributed by atoms with Crippen molar-refractivity contribution in [3.8, 4) is 0 Å². The van der Waals surface area contributed by atoms with Crippen LogP contribution in [0.15, 0.2) is 30.3 Å². The highest BCUT2D eigenvalue weighted by molar-refractivity contribution is 9.12. The maximum atomic E-state index is 12.5. The first kappa shape index (κ1) is 14.3. The van der Waals surface area contributed by atoms with Crippen molar-refractivity contribution >= 4 is 43.7 Å². The van der Waals surface area contributed by atoms with Gasteiger partial charge in [-0.05, 0) is 18.4 Å². The van der Waals surface area contributed by atoms with Crippen LogP contribution in [0.2, 0.25) is 0 Å². The highest BCUT2D eigenvalue weighted by Crippen LogP contribution is 2.43. The lowest BCUT2D eigenvalue weighted by molar-refractivity contribution is -0.140. The summed E-state index contributed by atoms with van der Waals surface area (Å²) in [6.07, 6.45) is 1.47. The average Bonchev–Trinajstić information content (AvgIpc) is 2.66. The highest BCUT2D eigenvalue weighted by Gasteiger charge is 2.51. The van der Waals surface area contributed by atoms with Crippen LogP contribution < -0.4 is 0 Å². The van der Waals surface area contributed by atoms with Crippen LogP contribution in [0.5, 0.6) is 0 Å². The Kier molecular flexibility index (Phi) is 4.00. The molecule has 1 saturated heterocycles. The number of carbonyl (C=O) groups excluding carboxylic acids is 2. The molecule has 1 aliphatic heterocycles. The topological polar surface area (TPSA) is 37.4 Å². The van der Waals surface area contributed by atoms with Gasteiger partial charge in [0, 0.05) is 9.65 Å². The zero-order valence-electron chi connectivity index (χ0n) is 10.8. The molecule has 0 spiro atoms. The quantitative estimate of drug-likeness (QED) is 0.565. The number of imide groups is 1. The van der Waals surface area contributed by atoms with Gasteiger partial charge in [0.15, 0.2) is 0 Å². The summed E-state index contributed by atoms with van der Waals surface area (Å²) in [5.74, 6) is -0.311. The second kappa shape index (κ2) is 5.60. The maximum absolute atomic E-state index is 12.5. The van der Waals surface area contributed by atoms with E-state index in [0.717, 1.165) is 18.4 Å². The number of likely N-dealkylation sites (tertiary alicyclic amines) is 1. The summed E-state index contributed by atoms with van der Waals surface area (Å²) in [5, 5.41) is 0. The van der Waals surface area contributed by atoms with E-state index in [0.29, 0.717) is 6.54 Å². The van der Waals surface area contributed by atoms with Crippen LogP contribution in [0.1, 0.15) is 18.4 Å². The summed E-state index contributed by atoms with van der Waals surface area (Å²) in [7, 11) is 0. The standard InChI is InChI=1S/C15H15Br2NO2/c16-12-6-10-11(7-13(12)17)15(20)18(14(10)19)8-9-4-2-1-3-5-9/h1-5,10-13H,6-8H2/t10-,11-,12-,13+/m1/s1. The van der Waals surface area contributed by atoms with Gasteiger partial charge in [-0.15, -0.1) is 0 Å². The molecule has 2 amide bonds. The second-order valence-electron chi connectivity index (χ2n) is 5.46. The fourth-order valence-electron chi connectivity index (χ4n) is 3.09. The van der Waals surface area contributed by atoms with Gasteiger partial charge in [0.1, 0.15) is 0 Å². The Bertz CT molecular complexity index is 506. The first-order valence-electron chi connectivity index (χ1n) is 6.75. The van der Waals surface area contributed by atoms with Crippen molar-refractivity contribution in [2.75, 3.05) is 0 Å². The molecule has 0 bridgehead atoms. The second-order valence-corrected chi connectivity index (χ2v) is 7.82. The molecule has 1 heterocycles. The molecule has 106 valence electrons. The van der Waals surface area contributed by atoms with Crippen LogP contribution in [-0.4, -0.2) is 26.4 Å². The number of nitrogens with zero attached hydrogens (tertiary/aromatic N) is 1. The van der Waals surface area contributed by atoms with Gasteiger partial charge >= 0.3 is 0 Å². The molecule has 5 heteroatoms. The van der Waals surface area contributed by atoms with E-state index in [1.54, 1.807) is 0 Å². The number of hydrogen-bond acceptors (Lipinski definition) is 2. The molecule has 20 heavy (non-hydrogen) atoms. The molecule has 2 aliphatic rings. The van der Waals surface area contributed by atoms with Crippen LogP contribution in [0.4, 0.5) is 0 Å². The Morgan fingerprint density at radius 1 is 0.950 bits per heavy atom. The van der Waals surface area contributed by atoms with Crippen molar-refractivity contribution in [2.24, 2.45) is 11.8 Å². The molecule has 4 atom stereocenters. The third-order valence-electron chi connectivity index (χ3n) is 4.19. The Morgan fingerprint density at radius 3 is 1.95 bits per heavy atom. The maximum Gasteiger partial charge on any atom is 0.233 e. The predicted octanol–water partition coefficient (Wildman–Crippen LogP) is 3.11. The molecule has 0 radical (unpaired) electrons. The smallest absolute Gasteiger partial charge is 0.233 e. The zero-order valence-corrected chi connectivity index (χ0v) is 14.0. The van der Waals surface area contributed by atoms with Crippen LogP contribution in [0, 0.1) is 11.8 Å². The van der Waals surface area contributed by atoms with Crippen molar-refractivity contribution in [3.05, 3.63) is 35.9 Å². The zero-order chi connectivity index (χ0) is 14.3. The van der Waals surface area contributed by atoms with Gasteiger partial charge in [0.05, 0.1) is 18.4 Å². The van der Waals surface area contributed by atoms with Gasteiger partial charge in [-0.1, -0.05) is 62.2 Å². The number of carbonyl (C=O) groups is 2. The number of alkyl halides is 2. The van der Waals surface area contributed by atoms with Crippen molar-refractivity contribution < 1.29 is 9.59 Å². The normalized spacial score (nSPS) is 33.4. The molecule has 3 nitrogen and oxygen atoms in total. The van der Waals surface area contributed by atoms with E-state index in [9.17, 15) is 9.59 Å². The minimum absolute atomic E-state index is 0.00676. The molecular formula is C15H15Br2NO2. The number of benzene rings is 1. The van der Waals surface area contributed by atoms with Crippen LogP contribution in [-0.2, 0) is 16.1 Å². The summed E-state index contributed by atoms with van der Waals surface area (Å²) in [6.45, 7) is 0.394. The molecule has 1 aromatic carbocycles. The van der Waals surface area contributed by atoms with Crippen LogP contribution >= 0.6 is 31.9 Å². The Balaban J connectivity index is 1.80. The molecule has 1 aliphatic carbocycles. The van der Waals surface area contributed by atoms with Gasteiger partial charge in [0.2, 0.25) is 11.8 Å². The van der Waals surface area contributed by atoms with Crippen molar-refractivity contribution in [1.29, 1.82) is 0 Å². The first-order valence-corrected chi connectivity index (χ1v) is 8.58. The molecular weight excluding hydrogens is 386 g/mol. The van der Waals surface area contributed by atoms with Crippen LogP contribution in [0.25, 0.3) is 0 Å². The summed E-state index contributed by atoms with van der Waals surface area (Å²) in [5.41, 5.74) is 0.999. The largest absolute Gasteiger partial charge is 0.278 e. The van der Waals surface area contributed by atoms with Gasteiger partial charge in [-0.2, -0.15) is 0 Å². The van der Waals surface area contributed by atoms with E-state index >= 15 is 0 Å². The average molecular weight is 401 g/mol. The Labute approximate surface area is 135 Å². The van der Waals surface area contributed by atoms with Gasteiger partial charge in [-0.3, -0.25) is 14.5 Å². The Hall–Kier alpha value is -0.680. The lowest BCUT2D eigenvalue weighted by Crippen LogP contribution is -2.34. The fraction of sp³-hybridized carbons (Fsp3) is 0.467. The molecule has 2 fully saturated rings. The lowest BCUT2D eigenvalue weighted by Gasteiger charge is -2.29. The number of hydrogen-bond donors (Lipinski definition) is 0. The summed E-state index contributed by atoms with van der Waals surface area (Å²) in [6, 6.07) is 9.68. The molecule has 1 saturated carbocycles. The van der Waals surface area contributed by atoms with E-state index in [1.165, 1.54) is 4.90 Å². The highest BCUT2D eigenvalue weighted by atomic mass is 79.9. The minimum atomic E-state index is -0.149. The third-order valence-corrected chi connectivity index (χ3v) is 6.92. The summed E-state index contributed by atoms with van der Waals surface area (Å²) >= 11 is 7.19.